The third-order valence-corrected chi connectivity index (χ3v) is 3.63. The molecule has 0 saturated carbocycles. The van der Waals surface area contributed by atoms with Crippen molar-refractivity contribution in [2.75, 3.05) is 6.61 Å². The van der Waals surface area contributed by atoms with Gasteiger partial charge < -0.3 is 15.4 Å². The summed E-state index contributed by atoms with van der Waals surface area (Å²) in [6.45, 7) is 2.35. The minimum atomic E-state index is -0.335. The van der Waals surface area contributed by atoms with E-state index in [1.807, 2.05) is 13.0 Å². The van der Waals surface area contributed by atoms with Gasteiger partial charge in [-0.1, -0.05) is 6.07 Å². The van der Waals surface area contributed by atoms with Gasteiger partial charge in [-0.2, -0.15) is 5.10 Å². The van der Waals surface area contributed by atoms with Gasteiger partial charge in [0.05, 0.1) is 6.04 Å². The highest BCUT2D eigenvalue weighted by Gasteiger charge is 2.11. The van der Waals surface area contributed by atoms with Crippen molar-refractivity contribution in [1.82, 2.24) is 30.4 Å². The van der Waals surface area contributed by atoms with Gasteiger partial charge in [-0.05, 0) is 37.3 Å². The van der Waals surface area contributed by atoms with Crippen molar-refractivity contribution in [3.63, 3.8) is 0 Å². The fourth-order valence-corrected chi connectivity index (χ4v) is 2.34. The molecule has 0 fully saturated rings. The van der Waals surface area contributed by atoms with Crippen molar-refractivity contribution in [3.8, 4) is 11.6 Å². The zero-order chi connectivity index (χ0) is 19.1. The third-order valence-electron chi connectivity index (χ3n) is 3.63. The lowest BCUT2D eigenvalue weighted by Gasteiger charge is -2.16. The fraction of sp³-hybridized carbons (Fsp3) is 0.222. The Labute approximate surface area is 155 Å². The van der Waals surface area contributed by atoms with Crippen molar-refractivity contribution < 1.29 is 13.9 Å². The van der Waals surface area contributed by atoms with Crippen molar-refractivity contribution in [2.24, 2.45) is 0 Å². The number of amides is 2. The van der Waals surface area contributed by atoms with Crippen LogP contribution in [-0.2, 0) is 6.54 Å². The molecule has 9 heteroatoms. The van der Waals surface area contributed by atoms with Gasteiger partial charge in [0.15, 0.2) is 5.82 Å². The molecule has 27 heavy (non-hydrogen) atoms. The molecule has 0 spiro atoms. The lowest BCUT2D eigenvalue weighted by Crippen LogP contribution is -2.43. The number of nitrogens with zero attached hydrogens (tertiary/aromatic N) is 4. The summed E-state index contributed by atoms with van der Waals surface area (Å²) >= 11 is 0. The smallest absolute Gasteiger partial charge is 0.315 e. The normalized spacial score (nSPS) is 11.6. The van der Waals surface area contributed by atoms with Gasteiger partial charge in [-0.15, -0.1) is 0 Å². The van der Waals surface area contributed by atoms with Crippen LogP contribution in [0.4, 0.5) is 9.18 Å². The molecule has 3 rings (SSSR count). The molecule has 1 atom stereocenters. The zero-order valence-corrected chi connectivity index (χ0v) is 14.7. The number of nitrogens with one attached hydrogen (secondary N) is 2. The maximum Gasteiger partial charge on any atom is 0.315 e. The monoisotopic (exact) mass is 370 g/mol. The number of hydrogen-bond donors (Lipinski definition) is 2. The summed E-state index contributed by atoms with van der Waals surface area (Å²) < 4.78 is 19.9. The van der Waals surface area contributed by atoms with Crippen molar-refractivity contribution in [2.45, 2.75) is 19.5 Å². The fourth-order valence-electron chi connectivity index (χ4n) is 2.34. The molecule has 2 amide bonds. The number of hydrogen-bond acceptors (Lipinski definition) is 5. The summed E-state index contributed by atoms with van der Waals surface area (Å²) in [6, 6.07) is 8.78. The summed E-state index contributed by atoms with van der Waals surface area (Å²) in [5.74, 6) is 0.815. The van der Waals surface area contributed by atoms with E-state index in [0.29, 0.717) is 11.6 Å². The van der Waals surface area contributed by atoms with Crippen LogP contribution in [0.1, 0.15) is 12.5 Å². The van der Waals surface area contributed by atoms with Gasteiger partial charge >= 0.3 is 6.03 Å². The first-order valence-electron chi connectivity index (χ1n) is 8.33. The molecule has 1 aromatic carbocycles. The second-order valence-electron chi connectivity index (χ2n) is 5.82. The number of carbonyl (C=O) groups is 1. The van der Waals surface area contributed by atoms with Crippen LogP contribution in [0, 0.1) is 5.82 Å². The van der Waals surface area contributed by atoms with Gasteiger partial charge in [0.25, 0.3) is 0 Å². The molecule has 0 unspecified atom stereocenters. The molecule has 0 aliphatic rings. The molecule has 8 nitrogen and oxygen atoms in total. The predicted molar refractivity (Wildman–Crippen MR) is 95.9 cm³/mol. The molecule has 0 bridgehead atoms. The number of urea groups is 1. The van der Waals surface area contributed by atoms with Crippen LogP contribution in [0.15, 0.2) is 55.2 Å². The maximum atomic E-state index is 12.9. The van der Waals surface area contributed by atoms with Gasteiger partial charge in [-0.3, -0.25) is 0 Å². The van der Waals surface area contributed by atoms with Crippen LogP contribution in [0.3, 0.4) is 0 Å². The minimum absolute atomic E-state index is 0.237. The number of aromatic nitrogens is 4. The molecule has 3 aromatic rings. The highest BCUT2D eigenvalue weighted by Crippen LogP contribution is 2.11. The number of rotatable bonds is 7. The number of pyridine rings is 1. The van der Waals surface area contributed by atoms with Gasteiger partial charge in [0.2, 0.25) is 0 Å². The second-order valence-corrected chi connectivity index (χ2v) is 5.82. The lowest BCUT2D eigenvalue weighted by molar-refractivity contribution is 0.226. The molecular formula is C18H19FN6O2. The lowest BCUT2D eigenvalue weighted by atomic mass is 10.2. The zero-order valence-electron chi connectivity index (χ0n) is 14.7. The Bertz CT molecular complexity index is 870. The van der Waals surface area contributed by atoms with Crippen LogP contribution in [-0.4, -0.2) is 38.4 Å². The molecule has 0 saturated heterocycles. The molecule has 0 radical (unpaired) electrons. The maximum absolute atomic E-state index is 12.9. The Kier molecular flexibility index (Phi) is 5.93. The molecule has 0 aliphatic carbocycles. The molecule has 2 N–H and O–H groups in total. The summed E-state index contributed by atoms with van der Waals surface area (Å²) in [7, 11) is 0. The van der Waals surface area contributed by atoms with E-state index in [1.165, 1.54) is 35.3 Å². The highest BCUT2D eigenvalue weighted by atomic mass is 19.1. The number of carbonyl (C=O) groups excluding carboxylic acids is 1. The average molecular weight is 370 g/mol. The largest absolute Gasteiger partial charge is 0.491 e. The standard InChI is InChI=1S/C18H19FN6O2/c1-13(10-27-16-6-4-15(19)5-7-16)24-18(26)22-9-14-3-2-8-21-17(14)25-12-20-11-23-25/h2-8,11-13H,9-10H2,1H3,(H2,22,24,26)/t13-/m0/s1. The van der Waals surface area contributed by atoms with Gasteiger partial charge in [0.1, 0.15) is 30.8 Å². The first-order chi connectivity index (χ1) is 13.1. The molecule has 140 valence electrons. The van der Waals surface area contributed by atoms with Crippen molar-refractivity contribution >= 4 is 6.03 Å². The first-order valence-corrected chi connectivity index (χ1v) is 8.33. The van der Waals surface area contributed by atoms with E-state index in [9.17, 15) is 9.18 Å². The predicted octanol–water partition coefficient (Wildman–Crippen LogP) is 2.07. The Morgan fingerprint density at radius 3 is 2.85 bits per heavy atom. The second kappa shape index (κ2) is 8.75. The average Bonchev–Trinajstić information content (AvgIpc) is 3.21. The summed E-state index contributed by atoms with van der Waals surface area (Å²) in [5, 5.41) is 9.62. The SMILES string of the molecule is C[C@@H](COc1ccc(F)cc1)NC(=O)NCc1cccnc1-n1cncn1. The first kappa shape index (κ1) is 18.3. The van der Waals surface area contributed by atoms with Crippen LogP contribution in [0.25, 0.3) is 5.82 Å². The highest BCUT2D eigenvalue weighted by molar-refractivity contribution is 5.74. The van der Waals surface area contributed by atoms with E-state index in [1.54, 1.807) is 18.6 Å². The quantitative estimate of drug-likeness (QED) is 0.664. The van der Waals surface area contributed by atoms with Crippen LogP contribution >= 0.6 is 0 Å². The van der Waals surface area contributed by atoms with E-state index < -0.39 is 0 Å². The Hall–Kier alpha value is -3.49. The van der Waals surface area contributed by atoms with Gasteiger partial charge in [0, 0.05) is 18.3 Å². The van der Waals surface area contributed by atoms with Crippen LogP contribution in [0.2, 0.25) is 0 Å². The van der Waals surface area contributed by atoms with Gasteiger partial charge in [-0.25, -0.2) is 23.8 Å². The number of ether oxygens (including phenoxy) is 1. The van der Waals surface area contributed by atoms with Crippen LogP contribution < -0.4 is 15.4 Å². The summed E-state index contributed by atoms with van der Waals surface area (Å²) in [6.07, 6.45) is 4.61. The Morgan fingerprint density at radius 1 is 1.30 bits per heavy atom. The van der Waals surface area contributed by atoms with E-state index in [2.05, 4.69) is 25.7 Å². The van der Waals surface area contributed by atoms with E-state index in [-0.39, 0.29) is 31.0 Å². The van der Waals surface area contributed by atoms with E-state index in [0.717, 1.165) is 5.56 Å². The van der Waals surface area contributed by atoms with Crippen molar-refractivity contribution in [1.29, 1.82) is 0 Å². The van der Waals surface area contributed by atoms with E-state index in [4.69, 9.17) is 4.74 Å². The summed E-state index contributed by atoms with van der Waals surface area (Å²) in [4.78, 5) is 20.3. The number of halogens is 1. The Balaban J connectivity index is 1.48. The minimum Gasteiger partial charge on any atom is -0.491 e. The Morgan fingerprint density at radius 2 is 2.11 bits per heavy atom. The third kappa shape index (κ3) is 5.24. The van der Waals surface area contributed by atoms with E-state index >= 15 is 0 Å². The summed E-state index contributed by atoms with van der Waals surface area (Å²) in [5.41, 5.74) is 0.799. The van der Waals surface area contributed by atoms with Crippen LogP contribution in [0.5, 0.6) is 5.75 Å². The molecule has 0 aliphatic heterocycles. The molecule has 2 heterocycles. The van der Waals surface area contributed by atoms with Crippen molar-refractivity contribution in [3.05, 3.63) is 66.6 Å². The molecular weight excluding hydrogens is 351 g/mol. The number of benzene rings is 1. The topological polar surface area (TPSA) is 94.0 Å². The molecule has 2 aromatic heterocycles.